The van der Waals surface area contributed by atoms with Gasteiger partial charge in [-0.2, -0.15) is 5.06 Å². The van der Waals surface area contributed by atoms with Crippen molar-refractivity contribution in [3.8, 4) is 0 Å². The zero-order chi connectivity index (χ0) is 24.1. The smallest absolute Gasteiger partial charge is 0.414 e. The third-order valence-corrected chi connectivity index (χ3v) is 5.85. The van der Waals surface area contributed by atoms with E-state index in [2.05, 4.69) is 5.32 Å². The number of ether oxygens (including phenoxy) is 1. The molecule has 2 aromatic carbocycles. The topological polar surface area (TPSA) is 94.6 Å². The monoisotopic (exact) mass is 472 g/mol. The molecule has 2 N–H and O–H groups in total. The Labute approximate surface area is 197 Å². The van der Waals surface area contributed by atoms with Gasteiger partial charge in [-0.05, 0) is 23.8 Å². The van der Waals surface area contributed by atoms with Crippen LogP contribution in [0.3, 0.4) is 0 Å². The molecule has 2 aliphatic heterocycles. The lowest BCUT2D eigenvalue weighted by molar-refractivity contribution is -0.163. The van der Waals surface area contributed by atoms with E-state index in [1.807, 2.05) is 35.2 Å². The Balaban J connectivity index is 1.36. The molecular formula is C24H29FN4O5. The second kappa shape index (κ2) is 10.8. The number of carbonyl (C=O) groups excluding carboxylic acids is 2. The highest BCUT2D eigenvalue weighted by Crippen LogP contribution is 2.28. The SMILES string of the molecule is CC(=O)NC[C@H]1CN(c2ccc(N3CCON(CC(O)c4ccccc4)CC3)c(F)c2)C(=O)O1. The van der Waals surface area contributed by atoms with E-state index in [1.54, 1.807) is 17.2 Å². The largest absolute Gasteiger partial charge is 0.442 e. The zero-order valence-electron chi connectivity index (χ0n) is 19.0. The first kappa shape index (κ1) is 23.9. The molecule has 9 nitrogen and oxygen atoms in total. The molecule has 2 aliphatic rings. The van der Waals surface area contributed by atoms with E-state index in [0.717, 1.165) is 5.56 Å². The molecule has 0 spiro atoms. The molecule has 2 heterocycles. The van der Waals surface area contributed by atoms with E-state index in [0.29, 0.717) is 44.2 Å². The molecule has 0 radical (unpaired) electrons. The van der Waals surface area contributed by atoms with E-state index in [4.69, 9.17) is 9.57 Å². The lowest BCUT2D eigenvalue weighted by Crippen LogP contribution is -2.33. The van der Waals surface area contributed by atoms with Gasteiger partial charge in [0.05, 0.1) is 43.7 Å². The number of aliphatic hydroxyl groups excluding tert-OH is 1. The molecule has 2 amide bonds. The van der Waals surface area contributed by atoms with Crippen LogP contribution in [0.4, 0.5) is 20.6 Å². The number of rotatable bonds is 7. The summed E-state index contributed by atoms with van der Waals surface area (Å²) in [7, 11) is 0. The number of hydrogen-bond donors (Lipinski definition) is 2. The number of carbonyl (C=O) groups is 2. The third-order valence-electron chi connectivity index (χ3n) is 5.85. The molecule has 34 heavy (non-hydrogen) atoms. The fraction of sp³-hybridized carbons (Fsp3) is 0.417. The summed E-state index contributed by atoms with van der Waals surface area (Å²) in [5.41, 5.74) is 1.63. The van der Waals surface area contributed by atoms with Crippen molar-refractivity contribution >= 4 is 23.4 Å². The number of hydrogen-bond acceptors (Lipinski definition) is 7. The molecule has 0 aliphatic carbocycles. The lowest BCUT2D eigenvalue weighted by Gasteiger charge is -2.24. The van der Waals surface area contributed by atoms with Crippen molar-refractivity contribution in [2.45, 2.75) is 19.1 Å². The van der Waals surface area contributed by atoms with Gasteiger partial charge in [0.25, 0.3) is 0 Å². The van der Waals surface area contributed by atoms with Crippen molar-refractivity contribution in [1.29, 1.82) is 0 Å². The maximum Gasteiger partial charge on any atom is 0.414 e. The molecule has 2 atom stereocenters. The van der Waals surface area contributed by atoms with E-state index in [1.165, 1.54) is 17.9 Å². The van der Waals surface area contributed by atoms with Gasteiger partial charge in [-0.25, -0.2) is 9.18 Å². The van der Waals surface area contributed by atoms with Crippen LogP contribution in [0, 0.1) is 5.82 Å². The summed E-state index contributed by atoms with van der Waals surface area (Å²) in [6, 6.07) is 14.0. The molecule has 1 unspecified atom stereocenters. The number of aliphatic hydroxyl groups is 1. The van der Waals surface area contributed by atoms with E-state index < -0.39 is 24.1 Å². The molecule has 0 aromatic heterocycles. The fourth-order valence-corrected chi connectivity index (χ4v) is 4.06. The average Bonchev–Trinajstić information content (AvgIpc) is 3.05. The number of β-amino-alcohol motifs (C(OH)–C–C–N with tert-alkyl or cyclic N) is 1. The summed E-state index contributed by atoms with van der Waals surface area (Å²) in [5.74, 6) is -0.659. The van der Waals surface area contributed by atoms with Crippen LogP contribution in [0.15, 0.2) is 48.5 Å². The van der Waals surface area contributed by atoms with Crippen LogP contribution < -0.4 is 15.1 Å². The molecule has 2 saturated heterocycles. The second-order valence-electron chi connectivity index (χ2n) is 8.32. The Morgan fingerprint density at radius 2 is 2.00 bits per heavy atom. The highest BCUT2D eigenvalue weighted by atomic mass is 19.1. The minimum atomic E-state index is -0.682. The van der Waals surface area contributed by atoms with Crippen LogP contribution in [0.1, 0.15) is 18.6 Å². The quantitative estimate of drug-likeness (QED) is 0.637. The Morgan fingerprint density at radius 3 is 2.74 bits per heavy atom. The molecule has 0 saturated carbocycles. The van der Waals surface area contributed by atoms with E-state index >= 15 is 4.39 Å². The maximum absolute atomic E-state index is 15.1. The number of nitrogens with one attached hydrogen (secondary N) is 1. The molecule has 2 fully saturated rings. The van der Waals surface area contributed by atoms with Crippen molar-refractivity contribution in [2.75, 3.05) is 55.7 Å². The molecule has 4 rings (SSSR count). The molecule has 10 heteroatoms. The van der Waals surface area contributed by atoms with Crippen LogP contribution in [0.2, 0.25) is 0 Å². The van der Waals surface area contributed by atoms with Crippen molar-refractivity contribution in [3.05, 3.63) is 59.9 Å². The number of hydroxylamine groups is 2. The van der Waals surface area contributed by atoms with Gasteiger partial charge < -0.3 is 20.1 Å². The van der Waals surface area contributed by atoms with Gasteiger partial charge in [0.15, 0.2) is 0 Å². The summed E-state index contributed by atoms with van der Waals surface area (Å²) in [6.45, 7) is 3.99. The first-order valence-electron chi connectivity index (χ1n) is 11.3. The van der Waals surface area contributed by atoms with Gasteiger partial charge >= 0.3 is 6.09 Å². The number of anilines is 2. The average molecular weight is 473 g/mol. The predicted octanol–water partition coefficient (Wildman–Crippen LogP) is 2.07. The summed E-state index contributed by atoms with van der Waals surface area (Å²) in [5, 5.41) is 14.8. The van der Waals surface area contributed by atoms with Crippen LogP contribution in [-0.2, 0) is 14.4 Å². The van der Waals surface area contributed by atoms with E-state index in [-0.39, 0.29) is 19.0 Å². The Hall–Kier alpha value is -3.21. The normalized spacial score (nSPS) is 20.1. The molecule has 0 bridgehead atoms. The zero-order valence-corrected chi connectivity index (χ0v) is 19.0. The highest BCUT2D eigenvalue weighted by molar-refractivity contribution is 5.90. The number of nitrogens with zero attached hydrogens (tertiary/aromatic N) is 3. The van der Waals surface area contributed by atoms with Crippen molar-refractivity contribution in [1.82, 2.24) is 10.4 Å². The fourth-order valence-electron chi connectivity index (χ4n) is 4.06. The van der Waals surface area contributed by atoms with Crippen LogP contribution in [0.25, 0.3) is 0 Å². The molecular weight excluding hydrogens is 443 g/mol. The first-order chi connectivity index (χ1) is 16.4. The number of amides is 2. The summed E-state index contributed by atoms with van der Waals surface area (Å²) >= 11 is 0. The minimum absolute atomic E-state index is 0.209. The van der Waals surface area contributed by atoms with Crippen molar-refractivity contribution in [2.24, 2.45) is 0 Å². The second-order valence-corrected chi connectivity index (χ2v) is 8.32. The van der Waals surface area contributed by atoms with Gasteiger partial charge in [0.2, 0.25) is 5.91 Å². The minimum Gasteiger partial charge on any atom is -0.442 e. The predicted molar refractivity (Wildman–Crippen MR) is 124 cm³/mol. The number of halogens is 1. The standard InChI is InChI=1S/C24H29FN4O5/c1-17(30)26-14-20-15-29(24(32)34-20)19-7-8-22(21(25)13-19)27-9-10-28(33-12-11-27)16-23(31)18-5-3-2-4-6-18/h2-8,13,20,23,31H,9-12,14-16H2,1H3,(H,26,30)/t20-,23?/m0/s1. The Kier molecular flexibility index (Phi) is 7.61. The highest BCUT2D eigenvalue weighted by Gasteiger charge is 2.33. The van der Waals surface area contributed by atoms with Gasteiger partial charge in [-0.1, -0.05) is 30.3 Å². The first-order valence-corrected chi connectivity index (χ1v) is 11.3. The summed E-state index contributed by atoms with van der Waals surface area (Å²) < 4.78 is 20.3. The van der Waals surface area contributed by atoms with Gasteiger partial charge in [0, 0.05) is 26.6 Å². The molecule has 182 valence electrons. The van der Waals surface area contributed by atoms with E-state index in [9.17, 15) is 14.7 Å². The van der Waals surface area contributed by atoms with Crippen LogP contribution in [-0.4, -0.2) is 74.1 Å². The molecule has 2 aromatic rings. The van der Waals surface area contributed by atoms with Crippen molar-refractivity contribution in [3.63, 3.8) is 0 Å². The number of benzene rings is 2. The van der Waals surface area contributed by atoms with Crippen molar-refractivity contribution < 1.29 is 28.7 Å². The number of cyclic esters (lactones) is 1. The summed E-state index contributed by atoms with van der Waals surface area (Å²) in [4.78, 5) is 32.3. The van der Waals surface area contributed by atoms with Crippen LogP contribution >= 0.6 is 0 Å². The Bertz CT molecular complexity index is 1010. The van der Waals surface area contributed by atoms with Gasteiger partial charge in [0.1, 0.15) is 11.9 Å². The third kappa shape index (κ3) is 5.82. The Morgan fingerprint density at radius 1 is 1.21 bits per heavy atom. The van der Waals surface area contributed by atoms with Gasteiger partial charge in [-0.3, -0.25) is 14.5 Å². The van der Waals surface area contributed by atoms with Gasteiger partial charge in [-0.15, -0.1) is 0 Å². The van der Waals surface area contributed by atoms with Crippen LogP contribution in [0.5, 0.6) is 0 Å². The lowest BCUT2D eigenvalue weighted by atomic mass is 10.1. The summed E-state index contributed by atoms with van der Waals surface area (Å²) in [6.07, 6.45) is -1.74. The maximum atomic E-state index is 15.1.